The Morgan fingerprint density at radius 2 is 2.22 bits per heavy atom. The number of halogens is 2. The smallest absolute Gasteiger partial charge is 0.111 e. The Morgan fingerprint density at radius 3 is 2.56 bits per heavy atom. The molecule has 1 aromatic heterocycles. The van der Waals surface area contributed by atoms with E-state index in [0.717, 1.165) is 16.0 Å². The second-order valence-electron chi connectivity index (χ2n) is 1.25. The zero-order chi connectivity index (χ0) is 5.82. The SMILES string of the molecule is Cl.ClSc1ccccn1. The van der Waals surface area contributed by atoms with Crippen molar-refractivity contribution in [1.29, 1.82) is 0 Å². The predicted octanol–water partition coefficient (Wildman–Crippen LogP) is 2.75. The van der Waals surface area contributed by atoms with Gasteiger partial charge in [0.1, 0.15) is 5.03 Å². The van der Waals surface area contributed by atoms with Crippen LogP contribution in [0.25, 0.3) is 0 Å². The number of hydrogen-bond acceptors (Lipinski definition) is 2. The molecular weight excluding hydrogens is 177 g/mol. The lowest BCUT2D eigenvalue weighted by atomic mass is 10.5. The van der Waals surface area contributed by atoms with Gasteiger partial charge in [0.2, 0.25) is 0 Å². The molecule has 0 saturated heterocycles. The van der Waals surface area contributed by atoms with E-state index in [1.165, 1.54) is 0 Å². The minimum absolute atomic E-state index is 0. The first-order valence-corrected chi connectivity index (χ1v) is 3.77. The van der Waals surface area contributed by atoms with Crippen LogP contribution in [0.2, 0.25) is 0 Å². The van der Waals surface area contributed by atoms with Crippen molar-refractivity contribution in [2.75, 3.05) is 0 Å². The molecule has 1 heterocycles. The van der Waals surface area contributed by atoms with Crippen LogP contribution in [0.3, 0.4) is 0 Å². The maximum absolute atomic E-state index is 5.38. The van der Waals surface area contributed by atoms with Crippen molar-refractivity contribution in [1.82, 2.24) is 4.98 Å². The summed E-state index contributed by atoms with van der Waals surface area (Å²) in [6.45, 7) is 0. The monoisotopic (exact) mass is 181 g/mol. The van der Waals surface area contributed by atoms with Crippen LogP contribution in [-0.4, -0.2) is 4.98 Å². The van der Waals surface area contributed by atoms with Crippen LogP contribution in [0.4, 0.5) is 0 Å². The molecule has 0 radical (unpaired) electrons. The van der Waals surface area contributed by atoms with Gasteiger partial charge in [0, 0.05) is 17.2 Å². The summed E-state index contributed by atoms with van der Waals surface area (Å²) in [5.74, 6) is 0. The van der Waals surface area contributed by atoms with Gasteiger partial charge in [-0.2, -0.15) is 0 Å². The summed E-state index contributed by atoms with van der Waals surface area (Å²) in [6.07, 6.45) is 1.71. The molecule has 9 heavy (non-hydrogen) atoms. The maximum atomic E-state index is 5.38. The van der Waals surface area contributed by atoms with Crippen LogP contribution < -0.4 is 0 Å². The molecule has 50 valence electrons. The van der Waals surface area contributed by atoms with Gasteiger partial charge in [-0.15, -0.1) is 12.4 Å². The summed E-state index contributed by atoms with van der Waals surface area (Å²) in [6, 6.07) is 5.62. The number of nitrogens with zero attached hydrogens (tertiary/aromatic N) is 1. The van der Waals surface area contributed by atoms with Crippen LogP contribution in [0, 0.1) is 0 Å². The molecule has 1 aromatic rings. The van der Waals surface area contributed by atoms with Crippen molar-refractivity contribution >= 4 is 34.1 Å². The standard InChI is InChI=1S/C5H4ClNS.ClH/c6-8-5-3-1-2-4-7-5;/h1-4H;1H. The minimum Gasteiger partial charge on any atom is -0.249 e. The zero-order valence-electron chi connectivity index (χ0n) is 4.45. The van der Waals surface area contributed by atoms with E-state index in [2.05, 4.69) is 4.98 Å². The van der Waals surface area contributed by atoms with E-state index in [9.17, 15) is 0 Å². The summed E-state index contributed by atoms with van der Waals surface area (Å²) in [5.41, 5.74) is 0. The summed E-state index contributed by atoms with van der Waals surface area (Å²) in [5, 5.41) is 0.842. The van der Waals surface area contributed by atoms with Crippen molar-refractivity contribution in [3.05, 3.63) is 24.4 Å². The van der Waals surface area contributed by atoms with E-state index in [4.69, 9.17) is 10.7 Å². The van der Waals surface area contributed by atoms with Gasteiger partial charge in [0.05, 0.1) is 0 Å². The first-order chi connectivity index (χ1) is 3.93. The highest BCUT2D eigenvalue weighted by molar-refractivity contribution is 8.21. The van der Waals surface area contributed by atoms with Crippen LogP contribution >= 0.6 is 34.1 Å². The number of rotatable bonds is 1. The predicted molar refractivity (Wildman–Crippen MR) is 43.2 cm³/mol. The summed E-state index contributed by atoms with van der Waals surface area (Å²) in [4.78, 5) is 3.93. The van der Waals surface area contributed by atoms with Crippen LogP contribution in [-0.2, 0) is 0 Å². The Balaban J connectivity index is 0.000000640. The molecule has 0 bridgehead atoms. The molecule has 0 atom stereocenters. The third kappa shape index (κ3) is 2.94. The Labute approximate surface area is 68.7 Å². The van der Waals surface area contributed by atoms with Crippen LogP contribution in [0.5, 0.6) is 0 Å². The molecule has 0 aliphatic rings. The summed E-state index contributed by atoms with van der Waals surface area (Å²) < 4.78 is 0. The molecule has 0 N–H and O–H groups in total. The van der Waals surface area contributed by atoms with E-state index in [0.29, 0.717) is 0 Å². The fourth-order valence-corrected chi connectivity index (χ4v) is 0.897. The Bertz CT molecular complexity index is 156. The normalized spacial score (nSPS) is 8.11. The van der Waals surface area contributed by atoms with Gasteiger partial charge in [-0.05, 0) is 22.8 Å². The molecule has 1 nitrogen and oxygen atoms in total. The molecule has 1 rings (SSSR count). The zero-order valence-corrected chi connectivity index (χ0v) is 6.84. The Kier molecular flexibility index (Phi) is 4.96. The summed E-state index contributed by atoms with van der Waals surface area (Å²) in [7, 11) is 6.51. The minimum atomic E-state index is 0. The number of hydrogen-bond donors (Lipinski definition) is 0. The molecule has 0 aliphatic carbocycles. The van der Waals surface area contributed by atoms with Crippen LogP contribution in [0.1, 0.15) is 0 Å². The Morgan fingerprint density at radius 1 is 1.44 bits per heavy atom. The van der Waals surface area contributed by atoms with Crippen molar-refractivity contribution in [3.8, 4) is 0 Å². The van der Waals surface area contributed by atoms with Crippen molar-refractivity contribution in [3.63, 3.8) is 0 Å². The average Bonchev–Trinajstić information content (AvgIpc) is 1.90. The highest BCUT2D eigenvalue weighted by Gasteiger charge is 1.84. The molecule has 0 spiro atoms. The van der Waals surface area contributed by atoms with Crippen molar-refractivity contribution < 1.29 is 0 Å². The molecule has 0 saturated carbocycles. The second kappa shape index (κ2) is 4.91. The van der Waals surface area contributed by atoms with E-state index in [-0.39, 0.29) is 12.4 Å². The fraction of sp³-hybridized carbons (Fsp3) is 0. The third-order valence-electron chi connectivity index (χ3n) is 0.717. The number of aromatic nitrogens is 1. The van der Waals surface area contributed by atoms with E-state index >= 15 is 0 Å². The quantitative estimate of drug-likeness (QED) is 0.662. The van der Waals surface area contributed by atoms with E-state index < -0.39 is 0 Å². The highest BCUT2D eigenvalue weighted by Crippen LogP contribution is 2.17. The fourth-order valence-electron chi connectivity index (χ4n) is 0.393. The van der Waals surface area contributed by atoms with E-state index in [1.807, 2.05) is 18.2 Å². The highest BCUT2D eigenvalue weighted by atomic mass is 35.7. The lowest BCUT2D eigenvalue weighted by molar-refractivity contribution is 1.14. The van der Waals surface area contributed by atoms with Gasteiger partial charge in [0.15, 0.2) is 0 Å². The molecule has 0 fully saturated rings. The van der Waals surface area contributed by atoms with Gasteiger partial charge < -0.3 is 0 Å². The molecule has 4 heteroatoms. The molecular formula is C5H5Cl2NS. The maximum Gasteiger partial charge on any atom is 0.111 e. The van der Waals surface area contributed by atoms with Crippen LogP contribution in [0.15, 0.2) is 29.4 Å². The average molecular weight is 182 g/mol. The topological polar surface area (TPSA) is 12.9 Å². The second-order valence-corrected chi connectivity index (χ2v) is 2.28. The number of pyridine rings is 1. The largest absolute Gasteiger partial charge is 0.249 e. The van der Waals surface area contributed by atoms with Gasteiger partial charge >= 0.3 is 0 Å². The van der Waals surface area contributed by atoms with Gasteiger partial charge in [-0.3, -0.25) is 0 Å². The molecule has 0 aliphatic heterocycles. The van der Waals surface area contributed by atoms with Gasteiger partial charge in [-0.1, -0.05) is 6.07 Å². The van der Waals surface area contributed by atoms with Crippen molar-refractivity contribution in [2.45, 2.75) is 5.03 Å². The summed E-state index contributed by atoms with van der Waals surface area (Å²) >= 11 is 0. The first-order valence-electron chi connectivity index (χ1n) is 2.13. The molecule has 0 aromatic carbocycles. The van der Waals surface area contributed by atoms with Crippen molar-refractivity contribution in [2.24, 2.45) is 0 Å². The van der Waals surface area contributed by atoms with Gasteiger partial charge in [-0.25, -0.2) is 4.98 Å². The first kappa shape index (κ1) is 9.08. The molecule has 0 unspecified atom stereocenters. The lowest BCUT2D eigenvalue weighted by Gasteiger charge is -1.86. The Hall–Kier alpha value is 0.0800. The van der Waals surface area contributed by atoms with Gasteiger partial charge in [0.25, 0.3) is 0 Å². The molecule has 0 amide bonds. The van der Waals surface area contributed by atoms with E-state index in [1.54, 1.807) is 6.20 Å². The lowest BCUT2D eigenvalue weighted by Crippen LogP contribution is -1.69. The third-order valence-corrected chi connectivity index (χ3v) is 1.59.